The number of carbonyl (C=O) groups excluding carboxylic acids is 1. The zero-order valence-corrected chi connectivity index (χ0v) is 14.7. The maximum absolute atomic E-state index is 12.4. The van der Waals surface area contributed by atoms with Crippen molar-refractivity contribution >= 4 is 22.2 Å². The first-order chi connectivity index (χ1) is 11.7. The second-order valence-electron chi connectivity index (χ2n) is 6.01. The van der Waals surface area contributed by atoms with Gasteiger partial charge in [-0.25, -0.2) is 0 Å². The molecule has 1 N–H and O–H groups in total. The number of amides is 1. The van der Waals surface area contributed by atoms with Gasteiger partial charge in [-0.3, -0.25) is 9.69 Å². The Hall–Kier alpha value is -2.16. The number of hydrogen-bond acceptors (Lipinski definition) is 4. The molecule has 0 aliphatic heterocycles. The summed E-state index contributed by atoms with van der Waals surface area (Å²) in [7, 11) is 0. The van der Waals surface area contributed by atoms with Gasteiger partial charge in [-0.2, -0.15) is 5.26 Å². The van der Waals surface area contributed by atoms with Gasteiger partial charge in [-0.1, -0.05) is 37.3 Å². The van der Waals surface area contributed by atoms with Crippen molar-refractivity contribution in [3.05, 3.63) is 51.9 Å². The summed E-state index contributed by atoms with van der Waals surface area (Å²) in [6, 6.07) is 12.4. The van der Waals surface area contributed by atoms with Crippen LogP contribution in [0, 0.1) is 11.3 Å². The lowest BCUT2D eigenvalue weighted by molar-refractivity contribution is -0.117. The molecule has 1 aliphatic rings. The number of anilines is 1. The number of thiophene rings is 1. The van der Waals surface area contributed by atoms with Gasteiger partial charge in [0, 0.05) is 11.4 Å². The minimum Gasteiger partial charge on any atom is -0.315 e. The fraction of sp³-hybridized carbons (Fsp3) is 0.368. The molecule has 1 heterocycles. The Bertz CT molecular complexity index is 761. The Morgan fingerprint density at radius 1 is 1.33 bits per heavy atom. The van der Waals surface area contributed by atoms with Crippen molar-refractivity contribution in [2.75, 3.05) is 18.4 Å². The number of carbonyl (C=O) groups is 1. The normalized spacial score (nSPS) is 12.9. The summed E-state index contributed by atoms with van der Waals surface area (Å²) in [4.78, 5) is 15.8. The molecular weight excluding hydrogens is 318 g/mol. The summed E-state index contributed by atoms with van der Waals surface area (Å²) in [5.41, 5.74) is 3.02. The van der Waals surface area contributed by atoms with Gasteiger partial charge in [-0.05, 0) is 36.9 Å². The highest BCUT2D eigenvalue weighted by atomic mass is 32.1. The lowest BCUT2D eigenvalue weighted by atomic mass is 10.1. The number of benzene rings is 1. The van der Waals surface area contributed by atoms with Crippen LogP contribution in [0.5, 0.6) is 0 Å². The SMILES string of the molecule is CCN(CC(=O)Nc1sc2c(c1C#N)CCC2)Cc1ccccc1. The van der Waals surface area contributed by atoms with Gasteiger partial charge in [0.15, 0.2) is 0 Å². The number of rotatable bonds is 6. The molecule has 1 aromatic heterocycles. The van der Waals surface area contributed by atoms with Gasteiger partial charge in [0.05, 0.1) is 12.1 Å². The molecule has 0 fully saturated rings. The number of nitrogens with zero attached hydrogens (tertiary/aromatic N) is 2. The molecule has 3 rings (SSSR count). The molecule has 124 valence electrons. The monoisotopic (exact) mass is 339 g/mol. The van der Waals surface area contributed by atoms with Gasteiger partial charge < -0.3 is 5.32 Å². The van der Waals surface area contributed by atoms with E-state index in [-0.39, 0.29) is 5.91 Å². The highest BCUT2D eigenvalue weighted by molar-refractivity contribution is 7.16. The van der Waals surface area contributed by atoms with Crippen molar-refractivity contribution in [1.82, 2.24) is 4.90 Å². The van der Waals surface area contributed by atoms with E-state index in [9.17, 15) is 10.1 Å². The predicted molar refractivity (Wildman–Crippen MR) is 97.1 cm³/mol. The Labute approximate surface area is 146 Å². The minimum absolute atomic E-state index is 0.0517. The average molecular weight is 339 g/mol. The number of aryl methyl sites for hydroxylation is 1. The minimum atomic E-state index is -0.0517. The van der Waals surface area contributed by atoms with E-state index in [4.69, 9.17) is 0 Å². The Kier molecular flexibility index (Phi) is 5.29. The molecular formula is C19H21N3OS. The van der Waals surface area contributed by atoms with Crippen LogP contribution >= 0.6 is 11.3 Å². The van der Waals surface area contributed by atoms with Gasteiger partial charge in [0.2, 0.25) is 5.91 Å². The van der Waals surface area contributed by atoms with Gasteiger partial charge >= 0.3 is 0 Å². The summed E-state index contributed by atoms with van der Waals surface area (Å²) in [5, 5.41) is 13.1. The van der Waals surface area contributed by atoms with E-state index in [0.29, 0.717) is 12.1 Å². The first-order valence-electron chi connectivity index (χ1n) is 8.32. The van der Waals surface area contributed by atoms with E-state index in [1.165, 1.54) is 10.4 Å². The molecule has 1 aliphatic carbocycles. The molecule has 0 radical (unpaired) electrons. The van der Waals surface area contributed by atoms with E-state index in [1.54, 1.807) is 11.3 Å². The number of hydrogen-bond donors (Lipinski definition) is 1. The summed E-state index contributed by atoms with van der Waals surface area (Å²) >= 11 is 1.57. The standard InChI is InChI=1S/C19H21N3OS/c1-2-22(12-14-7-4-3-5-8-14)13-18(23)21-19-16(11-20)15-9-6-10-17(15)24-19/h3-5,7-8H,2,6,9-10,12-13H2,1H3,(H,21,23). The molecule has 0 atom stereocenters. The molecule has 5 heteroatoms. The third kappa shape index (κ3) is 3.66. The molecule has 4 nitrogen and oxygen atoms in total. The van der Waals surface area contributed by atoms with Crippen molar-refractivity contribution in [3.63, 3.8) is 0 Å². The molecule has 1 aromatic carbocycles. The highest BCUT2D eigenvalue weighted by Gasteiger charge is 2.23. The Morgan fingerprint density at radius 3 is 2.83 bits per heavy atom. The molecule has 0 unspecified atom stereocenters. The van der Waals surface area contributed by atoms with Crippen molar-refractivity contribution in [2.24, 2.45) is 0 Å². The zero-order valence-electron chi connectivity index (χ0n) is 13.8. The van der Waals surface area contributed by atoms with E-state index in [2.05, 4.69) is 35.3 Å². The Balaban J connectivity index is 1.64. The molecule has 1 amide bonds. The number of fused-ring (bicyclic) bond motifs is 1. The molecule has 0 bridgehead atoms. The topological polar surface area (TPSA) is 56.1 Å². The first kappa shape index (κ1) is 16.7. The van der Waals surface area contributed by atoms with E-state index in [1.807, 2.05) is 18.2 Å². The number of likely N-dealkylation sites (N-methyl/N-ethyl adjacent to an activating group) is 1. The summed E-state index contributed by atoms with van der Waals surface area (Å²) in [6.07, 6.45) is 3.10. The summed E-state index contributed by atoms with van der Waals surface area (Å²) < 4.78 is 0. The van der Waals surface area contributed by atoms with Crippen molar-refractivity contribution in [3.8, 4) is 6.07 Å². The van der Waals surface area contributed by atoms with Crippen LogP contribution in [0.1, 0.15) is 34.9 Å². The second-order valence-corrected chi connectivity index (χ2v) is 7.12. The smallest absolute Gasteiger partial charge is 0.239 e. The lowest BCUT2D eigenvalue weighted by Gasteiger charge is -2.19. The predicted octanol–water partition coefficient (Wildman–Crippen LogP) is 3.57. The van der Waals surface area contributed by atoms with E-state index < -0.39 is 0 Å². The second kappa shape index (κ2) is 7.61. The average Bonchev–Trinajstić information content (AvgIpc) is 3.15. The van der Waals surface area contributed by atoms with Crippen LogP contribution in [0.15, 0.2) is 30.3 Å². The van der Waals surface area contributed by atoms with Crippen molar-refractivity contribution < 1.29 is 4.79 Å². The van der Waals surface area contributed by atoms with E-state index in [0.717, 1.165) is 42.9 Å². The zero-order chi connectivity index (χ0) is 16.9. The van der Waals surface area contributed by atoms with Crippen LogP contribution in [0.3, 0.4) is 0 Å². The fourth-order valence-electron chi connectivity index (χ4n) is 3.10. The number of nitrogens with one attached hydrogen (secondary N) is 1. The van der Waals surface area contributed by atoms with Crippen LogP contribution in [0.25, 0.3) is 0 Å². The summed E-state index contributed by atoms with van der Waals surface area (Å²) in [6.45, 7) is 3.93. The Morgan fingerprint density at radius 2 is 2.12 bits per heavy atom. The quantitative estimate of drug-likeness (QED) is 0.875. The van der Waals surface area contributed by atoms with Gasteiger partial charge in [-0.15, -0.1) is 11.3 Å². The van der Waals surface area contributed by atoms with Crippen LogP contribution in [-0.2, 0) is 24.2 Å². The van der Waals surface area contributed by atoms with E-state index >= 15 is 0 Å². The molecule has 0 saturated carbocycles. The van der Waals surface area contributed by atoms with Crippen LogP contribution < -0.4 is 5.32 Å². The first-order valence-corrected chi connectivity index (χ1v) is 9.13. The maximum Gasteiger partial charge on any atom is 0.239 e. The van der Waals surface area contributed by atoms with Crippen LogP contribution in [0.4, 0.5) is 5.00 Å². The largest absolute Gasteiger partial charge is 0.315 e. The highest BCUT2D eigenvalue weighted by Crippen LogP contribution is 2.38. The van der Waals surface area contributed by atoms with Crippen molar-refractivity contribution in [2.45, 2.75) is 32.7 Å². The van der Waals surface area contributed by atoms with Crippen LogP contribution in [0.2, 0.25) is 0 Å². The molecule has 0 saturated heterocycles. The van der Waals surface area contributed by atoms with Crippen molar-refractivity contribution in [1.29, 1.82) is 5.26 Å². The fourth-order valence-corrected chi connectivity index (χ4v) is 4.36. The lowest BCUT2D eigenvalue weighted by Crippen LogP contribution is -2.32. The number of nitriles is 1. The third-order valence-electron chi connectivity index (χ3n) is 4.35. The molecule has 0 spiro atoms. The molecule has 24 heavy (non-hydrogen) atoms. The third-order valence-corrected chi connectivity index (χ3v) is 5.56. The molecule has 2 aromatic rings. The maximum atomic E-state index is 12.4. The van der Waals surface area contributed by atoms with Gasteiger partial charge in [0.1, 0.15) is 11.1 Å². The summed E-state index contributed by atoms with van der Waals surface area (Å²) in [5.74, 6) is -0.0517. The van der Waals surface area contributed by atoms with Gasteiger partial charge in [0.25, 0.3) is 0 Å². The van der Waals surface area contributed by atoms with Crippen LogP contribution in [-0.4, -0.2) is 23.9 Å².